The monoisotopic (exact) mass is 329 g/mol. The smallest absolute Gasteiger partial charge is 0.258 e. The van der Waals surface area contributed by atoms with Crippen LogP contribution < -0.4 is 0 Å². The molecule has 0 radical (unpaired) electrons. The second-order valence-corrected chi connectivity index (χ2v) is 4.77. The highest BCUT2D eigenvalue weighted by molar-refractivity contribution is 9.10. The standard InChI is InChI=1S/C14H8BrN3O2/c15-11-3-5-12(6-4-11)17-14(9-16)10-1-7-13(8-2-10)18(19)20/h1-8H. The van der Waals surface area contributed by atoms with Gasteiger partial charge in [0.05, 0.1) is 10.6 Å². The molecule has 0 aliphatic rings. The number of halogens is 1. The van der Waals surface area contributed by atoms with Gasteiger partial charge in [0.2, 0.25) is 0 Å². The van der Waals surface area contributed by atoms with Gasteiger partial charge in [-0.1, -0.05) is 15.9 Å². The number of nitriles is 1. The van der Waals surface area contributed by atoms with Gasteiger partial charge < -0.3 is 0 Å². The van der Waals surface area contributed by atoms with Crippen molar-refractivity contribution in [3.63, 3.8) is 0 Å². The van der Waals surface area contributed by atoms with Gasteiger partial charge in [0.1, 0.15) is 11.8 Å². The highest BCUT2D eigenvalue weighted by Crippen LogP contribution is 2.19. The lowest BCUT2D eigenvalue weighted by atomic mass is 10.1. The van der Waals surface area contributed by atoms with Crippen molar-refractivity contribution >= 4 is 33.0 Å². The van der Waals surface area contributed by atoms with Gasteiger partial charge >= 0.3 is 0 Å². The van der Waals surface area contributed by atoms with Gasteiger partial charge in [-0.15, -0.1) is 0 Å². The normalized spacial score (nSPS) is 10.9. The summed E-state index contributed by atoms with van der Waals surface area (Å²) in [6.07, 6.45) is 0. The summed E-state index contributed by atoms with van der Waals surface area (Å²) in [6, 6.07) is 14.9. The third-order valence-corrected chi connectivity index (χ3v) is 3.05. The van der Waals surface area contributed by atoms with Crippen LogP contribution in [0.15, 0.2) is 58.0 Å². The third kappa shape index (κ3) is 3.28. The Morgan fingerprint density at radius 2 is 1.75 bits per heavy atom. The van der Waals surface area contributed by atoms with E-state index in [1.165, 1.54) is 24.3 Å². The van der Waals surface area contributed by atoms with Gasteiger partial charge in [-0.3, -0.25) is 10.1 Å². The minimum atomic E-state index is -0.484. The Bertz CT molecular complexity index is 701. The molecular weight excluding hydrogens is 322 g/mol. The number of aliphatic imine (C=N–C) groups is 1. The van der Waals surface area contributed by atoms with E-state index >= 15 is 0 Å². The Kier molecular flexibility index (Phi) is 4.23. The largest absolute Gasteiger partial charge is 0.269 e. The van der Waals surface area contributed by atoms with Gasteiger partial charge in [0.15, 0.2) is 0 Å². The predicted octanol–water partition coefficient (Wildman–Crippen LogP) is 4.00. The number of nitrogens with zero attached hydrogens (tertiary/aromatic N) is 3. The van der Waals surface area contributed by atoms with E-state index in [-0.39, 0.29) is 11.4 Å². The van der Waals surface area contributed by atoms with Crippen molar-refractivity contribution in [1.29, 1.82) is 5.26 Å². The fourth-order valence-corrected chi connectivity index (χ4v) is 1.80. The highest BCUT2D eigenvalue weighted by Gasteiger charge is 2.07. The fraction of sp³-hybridized carbons (Fsp3) is 0. The van der Waals surface area contributed by atoms with Crippen molar-refractivity contribution in [2.45, 2.75) is 0 Å². The molecule has 0 heterocycles. The Labute approximate surface area is 123 Å². The molecule has 98 valence electrons. The quantitative estimate of drug-likeness (QED) is 0.485. The molecule has 0 bridgehead atoms. The number of rotatable bonds is 3. The van der Waals surface area contributed by atoms with E-state index in [0.717, 1.165) is 4.47 Å². The van der Waals surface area contributed by atoms with Crippen molar-refractivity contribution in [3.05, 3.63) is 68.7 Å². The second-order valence-electron chi connectivity index (χ2n) is 3.85. The Balaban J connectivity index is 2.35. The van der Waals surface area contributed by atoms with Crippen LogP contribution in [0.1, 0.15) is 5.56 Å². The van der Waals surface area contributed by atoms with Crippen molar-refractivity contribution in [2.24, 2.45) is 4.99 Å². The summed E-state index contributed by atoms with van der Waals surface area (Å²) in [5.74, 6) is 0. The van der Waals surface area contributed by atoms with E-state index in [9.17, 15) is 10.1 Å². The Hall–Kier alpha value is -2.52. The van der Waals surface area contributed by atoms with Crippen molar-refractivity contribution < 1.29 is 4.92 Å². The van der Waals surface area contributed by atoms with E-state index in [1.54, 1.807) is 12.1 Å². The van der Waals surface area contributed by atoms with Crippen LogP contribution in [0.2, 0.25) is 0 Å². The first kappa shape index (κ1) is 13.9. The zero-order valence-electron chi connectivity index (χ0n) is 10.2. The minimum absolute atomic E-state index is 0.0188. The molecule has 0 saturated carbocycles. The van der Waals surface area contributed by atoms with Gasteiger partial charge in [-0.05, 0) is 36.4 Å². The third-order valence-electron chi connectivity index (χ3n) is 2.52. The Morgan fingerprint density at radius 1 is 1.15 bits per heavy atom. The van der Waals surface area contributed by atoms with E-state index in [1.807, 2.05) is 18.2 Å². The molecule has 6 heteroatoms. The molecule has 0 N–H and O–H groups in total. The SMILES string of the molecule is N#CC(=Nc1ccc(Br)cc1)c1ccc([N+](=O)[O-])cc1. The first-order valence-corrected chi connectivity index (χ1v) is 6.38. The van der Waals surface area contributed by atoms with E-state index in [4.69, 9.17) is 5.26 Å². The van der Waals surface area contributed by atoms with Crippen LogP contribution in [0.25, 0.3) is 0 Å². The maximum Gasteiger partial charge on any atom is 0.269 e. The number of non-ortho nitro benzene ring substituents is 1. The van der Waals surface area contributed by atoms with Crippen LogP contribution in [-0.4, -0.2) is 10.6 Å². The minimum Gasteiger partial charge on any atom is -0.258 e. The summed E-state index contributed by atoms with van der Waals surface area (Å²) >= 11 is 3.32. The molecule has 2 aromatic carbocycles. The molecule has 2 aromatic rings. The van der Waals surface area contributed by atoms with Crippen LogP contribution >= 0.6 is 15.9 Å². The first-order valence-electron chi connectivity index (χ1n) is 5.59. The molecule has 0 unspecified atom stereocenters. The van der Waals surface area contributed by atoms with Gasteiger partial charge in [0.25, 0.3) is 5.69 Å². The summed E-state index contributed by atoms with van der Waals surface area (Å²) in [7, 11) is 0. The molecule has 0 spiro atoms. The second kappa shape index (κ2) is 6.08. The average Bonchev–Trinajstić information content (AvgIpc) is 2.47. The van der Waals surface area contributed by atoms with E-state index < -0.39 is 4.92 Å². The molecule has 0 fully saturated rings. The average molecular weight is 330 g/mol. The van der Waals surface area contributed by atoms with Crippen molar-refractivity contribution in [1.82, 2.24) is 0 Å². The molecule has 0 atom stereocenters. The maximum absolute atomic E-state index is 10.6. The number of hydrogen-bond acceptors (Lipinski definition) is 4. The van der Waals surface area contributed by atoms with Crippen LogP contribution in [0, 0.1) is 21.4 Å². The fourth-order valence-electron chi connectivity index (χ4n) is 1.54. The number of hydrogen-bond donors (Lipinski definition) is 0. The van der Waals surface area contributed by atoms with Crippen LogP contribution in [0.3, 0.4) is 0 Å². The summed E-state index contributed by atoms with van der Waals surface area (Å²) in [5, 5.41) is 19.7. The summed E-state index contributed by atoms with van der Waals surface area (Å²) in [5.41, 5.74) is 1.38. The lowest BCUT2D eigenvalue weighted by molar-refractivity contribution is -0.384. The summed E-state index contributed by atoms with van der Waals surface area (Å²) in [4.78, 5) is 14.3. The maximum atomic E-state index is 10.6. The zero-order chi connectivity index (χ0) is 14.5. The summed E-state index contributed by atoms with van der Waals surface area (Å²) in [6.45, 7) is 0. The van der Waals surface area contributed by atoms with Crippen molar-refractivity contribution in [3.8, 4) is 6.07 Å². The zero-order valence-corrected chi connectivity index (χ0v) is 11.7. The number of nitro benzene ring substituents is 1. The van der Waals surface area contributed by atoms with Crippen molar-refractivity contribution in [2.75, 3.05) is 0 Å². The molecule has 0 aliphatic heterocycles. The Morgan fingerprint density at radius 3 is 2.25 bits per heavy atom. The van der Waals surface area contributed by atoms with Crippen LogP contribution in [0.5, 0.6) is 0 Å². The predicted molar refractivity (Wildman–Crippen MR) is 79.0 cm³/mol. The highest BCUT2D eigenvalue weighted by atomic mass is 79.9. The topological polar surface area (TPSA) is 79.3 Å². The lowest BCUT2D eigenvalue weighted by Crippen LogP contribution is -1.97. The lowest BCUT2D eigenvalue weighted by Gasteiger charge is -1.99. The first-order chi connectivity index (χ1) is 9.60. The molecular formula is C14H8BrN3O2. The van der Waals surface area contributed by atoms with E-state index in [2.05, 4.69) is 20.9 Å². The molecule has 5 nitrogen and oxygen atoms in total. The van der Waals surface area contributed by atoms with Gasteiger partial charge in [0, 0.05) is 22.2 Å². The van der Waals surface area contributed by atoms with Gasteiger partial charge in [-0.25, -0.2) is 4.99 Å². The molecule has 0 aromatic heterocycles. The van der Waals surface area contributed by atoms with E-state index in [0.29, 0.717) is 11.3 Å². The van der Waals surface area contributed by atoms with Crippen LogP contribution in [0.4, 0.5) is 11.4 Å². The molecule has 0 aliphatic carbocycles. The molecule has 0 saturated heterocycles. The summed E-state index contributed by atoms with van der Waals surface area (Å²) < 4.78 is 0.922. The van der Waals surface area contributed by atoms with Crippen LogP contribution in [-0.2, 0) is 0 Å². The van der Waals surface area contributed by atoms with Gasteiger partial charge in [-0.2, -0.15) is 5.26 Å². The molecule has 0 amide bonds. The molecule has 20 heavy (non-hydrogen) atoms. The number of nitro groups is 1. The number of benzene rings is 2. The molecule has 2 rings (SSSR count).